The first-order valence-corrected chi connectivity index (χ1v) is 11.7. The Morgan fingerprint density at radius 3 is 2.56 bits per heavy atom. The Morgan fingerprint density at radius 2 is 1.81 bits per heavy atom. The topological polar surface area (TPSA) is 109 Å². The predicted molar refractivity (Wildman–Crippen MR) is 124 cm³/mol. The number of anilines is 4. The lowest BCUT2D eigenvalue weighted by Crippen LogP contribution is -2.14. The van der Waals surface area contributed by atoms with Gasteiger partial charge in [0.2, 0.25) is 0 Å². The third-order valence-corrected chi connectivity index (χ3v) is 6.44. The third kappa shape index (κ3) is 4.74. The van der Waals surface area contributed by atoms with Crippen molar-refractivity contribution in [2.75, 3.05) is 35.7 Å². The van der Waals surface area contributed by atoms with Gasteiger partial charge in [-0.25, -0.2) is 8.42 Å². The van der Waals surface area contributed by atoms with Crippen LogP contribution in [0.25, 0.3) is 0 Å². The lowest BCUT2D eigenvalue weighted by molar-refractivity contribution is 0.233. The minimum absolute atomic E-state index is 0.0819. The second kappa shape index (κ2) is 9.37. The van der Waals surface area contributed by atoms with Crippen LogP contribution in [0.1, 0.15) is 12.0 Å². The highest BCUT2D eigenvalue weighted by atomic mass is 32.2. The monoisotopic (exact) mass is 455 g/mol. The number of benzene rings is 3. The molecule has 1 aliphatic heterocycles. The van der Waals surface area contributed by atoms with Crippen molar-refractivity contribution in [3.63, 3.8) is 0 Å². The Morgan fingerprint density at radius 1 is 1.03 bits per heavy atom. The van der Waals surface area contributed by atoms with Gasteiger partial charge in [0.15, 0.2) is 0 Å². The van der Waals surface area contributed by atoms with Crippen LogP contribution in [0.15, 0.2) is 65.6 Å². The zero-order valence-electron chi connectivity index (χ0n) is 17.6. The molecule has 0 bridgehead atoms. The van der Waals surface area contributed by atoms with Gasteiger partial charge in [-0.1, -0.05) is 6.07 Å². The second-order valence-corrected chi connectivity index (χ2v) is 8.91. The Labute approximate surface area is 187 Å². The van der Waals surface area contributed by atoms with E-state index in [0.717, 1.165) is 16.9 Å². The van der Waals surface area contributed by atoms with Crippen molar-refractivity contribution in [3.05, 3.63) is 66.2 Å². The molecule has 1 aliphatic rings. The van der Waals surface area contributed by atoms with Crippen molar-refractivity contribution in [2.24, 2.45) is 0 Å². The van der Waals surface area contributed by atoms with E-state index in [4.69, 9.17) is 14.6 Å². The highest BCUT2D eigenvalue weighted by Gasteiger charge is 2.20. The molecular formula is C23H25N3O5S. The van der Waals surface area contributed by atoms with Crippen molar-refractivity contribution in [1.29, 1.82) is 0 Å². The molecule has 0 saturated carbocycles. The smallest absolute Gasteiger partial charge is 0.261 e. The number of methoxy groups -OCH3 is 1. The first-order chi connectivity index (χ1) is 15.5. The maximum absolute atomic E-state index is 13.0. The Balaban J connectivity index is 1.60. The van der Waals surface area contributed by atoms with Crippen LogP contribution < -0.4 is 24.8 Å². The lowest BCUT2D eigenvalue weighted by Gasteiger charge is -2.16. The number of aliphatic hydroxyl groups excluding tert-OH is 1. The van der Waals surface area contributed by atoms with Gasteiger partial charge in [-0.15, -0.1) is 0 Å². The summed E-state index contributed by atoms with van der Waals surface area (Å²) in [6.07, 6.45) is 0.566. The van der Waals surface area contributed by atoms with Gasteiger partial charge >= 0.3 is 0 Å². The van der Waals surface area contributed by atoms with Crippen LogP contribution in [-0.2, 0) is 16.6 Å². The molecule has 9 heteroatoms. The molecule has 0 atom stereocenters. The fourth-order valence-corrected chi connectivity index (χ4v) is 4.46. The summed E-state index contributed by atoms with van der Waals surface area (Å²) in [7, 11) is -2.26. The maximum Gasteiger partial charge on any atom is 0.261 e. The standard InChI is InChI=1S/C23H25N3O5S/c1-30-17-6-9-19(10-7-17)32(28,29)26-22-5-2-4-21-23(22)25-20-11-8-18(31-13-3-12-27)14-16(20)15-24-21/h2,4-11,14,24-27H,3,12-13,15H2,1H3. The number of fused-ring (bicyclic) bond motifs is 2. The van der Waals surface area contributed by atoms with Crippen LogP contribution in [0.4, 0.5) is 22.7 Å². The van der Waals surface area contributed by atoms with Gasteiger partial charge in [0, 0.05) is 25.3 Å². The molecule has 0 radical (unpaired) electrons. The van der Waals surface area contributed by atoms with Crippen LogP contribution in [0.3, 0.4) is 0 Å². The first-order valence-electron chi connectivity index (χ1n) is 10.2. The number of hydrogen-bond acceptors (Lipinski definition) is 7. The molecule has 0 amide bonds. The van der Waals surface area contributed by atoms with Gasteiger partial charge in [-0.3, -0.25) is 4.72 Å². The first kappa shape index (κ1) is 21.8. The SMILES string of the molecule is COc1ccc(S(=O)(=O)Nc2cccc3c2Nc2ccc(OCCCO)cc2CN3)cc1. The highest BCUT2D eigenvalue weighted by Crippen LogP contribution is 2.39. The zero-order valence-corrected chi connectivity index (χ0v) is 18.4. The number of ether oxygens (including phenoxy) is 2. The molecule has 0 aliphatic carbocycles. The average molecular weight is 456 g/mol. The lowest BCUT2D eigenvalue weighted by atomic mass is 10.1. The third-order valence-electron chi connectivity index (χ3n) is 5.06. The fourth-order valence-electron chi connectivity index (χ4n) is 3.39. The summed E-state index contributed by atoms with van der Waals surface area (Å²) in [5.41, 5.74) is 3.67. The molecule has 8 nitrogen and oxygen atoms in total. The fraction of sp³-hybridized carbons (Fsp3) is 0.217. The summed E-state index contributed by atoms with van der Waals surface area (Å²) in [6, 6.07) is 17.3. The highest BCUT2D eigenvalue weighted by molar-refractivity contribution is 7.92. The molecule has 0 aromatic heterocycles. The van der Waals surface area contributed by atoms with E-state index in [9.17, 15) is 8.42 Å². The van der Waals surface area contributed by atoms with Gasteiger partial charge in [-0.05, 0) is 60.2 Å². The van der Waals surface area contributed by atoms with Crippen LogP contribution in [0, 0.1) is 0 Å². The Hall–Kier alpha value is -3.43. The summed E-state index contributed by atoms with van der Waals surface area (Å²) in [4.78, 5) is 0.141. The second-order valence-electron chi connectivity index (χ2n) is 7.23. The number of rotatable bonds is 8. The molecule has 0 fully saturated rings. The van der Waals surface area contributed by atoms with Crippen molar-refractivity contribution >= 4 is 32.8 Å². The number of sulfonamides is 1. The molecule has 0 saturated heterocycles. The molecule has 1 heterocycles. The van der Waals surface area contributed by atoms with E-state index in [2.05, 4.69) is 15.4 Å². The van der Waals surface area contributed by atoms with Crippen molar-refractivity contribution in [1.82, 2.24) is 0 Å². The molecule has 0 spiro atoms. The number of nitrogens with one attached hydrogen (secondary N) is 3. The maximum atomic E-state index is 13.0. The molecule has 0 unspecified atom stereocenters. The summed E-state index contributed by atoms with van der Waals surface area (Å²) in [5.74, 6) is 1.30. The number of para-hydroxylation sites is 1. The summed E-state index contributed by atoms with van der Waals surface area (Å²) >= 11 is 0. The van der Waals surface area contributed by atoms with Gasteiger partial charge in [0.25, 0.3) is 10.0 Å². The van der Waals surface area contributed by atoms with Crippen molar-refractivity contribution in [2.45, 2.75) is 17.9 Å². The molecule has 4 N–H and O–H groups in total. The largest absolute Gasteiger partial charge is 0.497 e. The van der Waals surface area contributed by atoms with E-state index in [1.807, 2.05) is 24.3 Å². The molecule has 32 heavy (non-hydrogen) atoms. The van der Waals surface area contributed by atoms with Crippen LogP contribution in [0.2, 0.25) is 0 Å². The van der Waals surface area contributed by atoms with E-state index in [1.54, 1.807) is 24.3 Å². The van der Waals surface area contributed by atoms with Crippen molar-refractivity contribution in [3.8, 4) is 11.5 Å². The minimum atomic E-state index is -3.79. The number of hydrogen-bond donors (Lipinski definition) is 4. The molecular weight excluding hydrogens is 430 g/mol. The average Bonchev–Trinajstić information content (AvgIpc) is 2.99. The minimum Gasteiger partial charge on any atom is -0.497 e. The van der Waals surface area contributed by atoms with E-state index < -0.39 is 10.0 Å². The van der Waals surface area contributed by atoms with Crippen LogP contribution in [0.5, 0.6) is 11.5 Å². The summed E-state index contributed by atoms with van der Waals surface area (Å²) in [6.45, 7) is 1.06. The summed E-state index contributed by atoms with van der Waals surface area (Å²) < 4.78 is 39.4. The van der Waals surface area contributed by atoms with Crippen LogP contribution >= 0.6 is 0 Å². The van der Waals surface area contributed by atoms with Crippen LogP contribution in [-0.4, -0.2) is 33.8 Å². The van der Waals surface area contributed by atoms with Gasteiger partial charge in [0.05, 0.1) is 35.7 Å². The van der Waals surface area contributed by atoms with Gasteiger partial charge in [-0.2, -0.15) is 0 Å². The van der Waals surface area contributed by atoms with E-state index in [-0.39, 0.29) is 11.5 Å². The Kier molecular flexibility index (Phi) is 6.38. The zero-order chi connectivity index (χ0) is 22.6. The number of aliphatic hydroxyl groups is 1. The summed E-state index contributed by atoms with van der Waals surface area (Å²) in [5, 5.41) is 15.6. The normalized spacial score (nSPS) is 12.4. The molecule has 4 rings (SSSR count). The molecule has 3 aromatic rings. The van der Waals surface area contributed by atoms with E-state index in [0.29, 0.717) is 42.4 Å². The van der Waals surface area contributed by atoms with Crippen molar-refractivity contribution < 1.29 is 23.0 Å². The van der Waals surface area contributed by atoms with Gasteiger partial charge in [0.1, 0.15) is 11.5 Å². The molecule has 168 valence electrons. The predicted octanol–water partition coefficient (Wildman–Crippen LogP) is 3.93. The van der Waals surface area contributed by atoms with E-state index in [1.165, 1.54) is 19.2 Å². The Bertz CT molecular complexity index is 1200. The van der Waals surface area contributed by atoms with Gasteiger partial charge < -0.3 is 25.2 Å². The van der Waals surface area contributed by atoms with E-state index >= 15 is 0 Å². The molecule has 3 aromatic carbocycles. The quantitative estimate of drug-likeness (QED) is 0.381.